The van der Waals surface area contributed by atoms with Gasteiger partial charge in [0.05, 0.1) is 11.9 Å². The molecule has 0 aliphatic heterocycles. The van der Waals surface area contributed by atoms with Crippen molar-refractivity contribution in [3.05, 3.63) is 63.6 Å². The molecule has 7 nitrogen and oxygen atoms in total. The van der Waals surface area contributed by atoms with Gasteiger partial charge in [-0.15, -0.1) is 0 Å². The molecular formula is C29H40BrN3O4S. The number of nitrogens with one attached hydrogen (secondary N) is 1. The third-order valence-corrected chi connectivity index (χ3v) is 9.03. The third-order valence-electron chi connectivity index (χ3n) is 7.36. The monoisotopic (exact) mass is 605 g/mol. The first-order valence-corrected chi connectivity index (χ1v) is 16.0. The molecule has 3 rings (SSSR count). The molecule has 2 aromatic rings. The number of carbonyl (C=O) groups excluding carboxylic acids is 2. The number of hydrogen-bond donors (Lipinski definition) is 1. The highest BCUT2D eigenvalue weighted by molar-refractivity contribution is 9.10. The first-order valence-electron chi connectivity index (χ1n) is 13.4. The van der Waals surface area contributed by atoms with E-state index in [1.54, 1.807) is 17.9 Å². The number of carbonyl (C=O) groups is 2. The Morgan fingerprint density at radius 1 is 1.08 bits per heavy atom. The third kappa shape index (κ3) is 8.30. The van der Waals surface area contributed by atoms with Gasteiger partial charge in [0.25, 0.3) is 0 Å². The second-order valence-electron chi connectivity index (χ2n) is 10.3. The minimum Gasteiger partial charge on any atom is -0.352 e. The van der Waals surface area contributed by atoms with Crippen LogP contribution in [0.3, 0.4) is 0 Å². The van der Waals surface area contributed by atoms with E-state index >= 15 is 0 Å². The van der Waals surface area contributed by atoms with Crippen molar-refractivity contribution in [2.75, 3.05) is 17.1 Å². The highest BCUT2D eigenvalue weighted by atomic mass is 79.9. The van der Waals surface area contributed by atoms with Crippen LogP contribution in [0.4, 0.5) is 5.69 Å². The molecule has 0 unspecified atom stereocenters. The maximum atomic E-state index is 13.5. The summed E-state index contributed by atoms with van der Waals surface area (Å²) in [6, 6.07) is 12.8. The van der Waals surface area contributed by atoms with Gasteiger partial charge < -0.3 is 10.2 Å². The summed E-state index contributed by atoms with van der Waals surface area (Å²) in [5.41, 5.74) is 3.45. The van der Waals surface area contributed by atoms with Crippen LogP contribution in [0.15, 0.2) is 46.9 Å². The van der Waals surface area contributed by atoms with E-state index in [9.17, 15) is 18.0 Å². The first-order chi connectivity index (χ1) is 18.0. The molecule has 0 radical (unpaired) electrons. The molecule has 0 saturated heterocycles. The average Bonchev–Trinajstić information content (AvgIpc) is 2.86. The molecule has 9 heteroatoms. The Morgan fingerprint density at radius 2 is 1.76 bits per heavy atom. The van der Waals surface area contributed by atoms with Gasteiger partial charge in [-0.3, -0.25) is 13.9 Å². The summed E-state index contributed by atoms with van der Waals surface area (Å²) in [4.78, 5) is 28.3. The van der Waals surface area contributed by atoms with Crippen LogP contribution in [-0.2, 0) is 26.2 Å². The van der Waals surface area contributed by atoms with Gasteiger partial charge in [0.15, 0.2) is 0 Å². The number of hydrogen-bond acceptors (Lipinski definition) is 4. The van der Waals surface area contributed by atoms with Crippen molar-refractivity contribution in [2.45, 2.75) is 84.3 Å². The maximum Gasteiger partial charge on any atom is 0.242 e. The van der Waals surface area contributed by atoms with Crippen LogP contribution in [0.2, 0.25) is 0 Å². The van der Waals surface area contributed by atoms with Crippen molar-refractivity contribution < 1.29 is 18.0 Å². The normalized spacial score (nSPS) is 15.1. The Balaban J connectivity index is 1.74. The van der Waals surface area contributed by atoms with Gasteiger partial charge in [-0.2, -0.15) is 0 Å². The molecule has 0 heterocycles. The second kappa shape index (κ2) is 13.6. The smallest absolute Gasteiger partial charge is 0.242 e. The predicted octanol–water partition coefficient (Wildman–Crippen LogP) is 5.48. The van der Waals surface area contributed by atoms with Crippen LogP contribution in [0.1, 0.15) is 68.6 Å². The number of benzene rings is 2. The van der Waals surface area contributed by atoms with E-state index in [1.807, 2.05) is 50.2 Å². The Morgan fingerprint density at radius 3 is 2.42 bits per heavy atom. The van der Waals surface area contributed by atoms with E-state index in [1.165, 1.54) is 17.0 Å². The number of halogens is 1. The zero-order chi connectivity index (χ0) is 27.9. The number of anilines is 1. The number of amides is 2. The fraction of sp³-hybridized carbons (Fsp3) is 0.517. The standard InChI is InChI=1S/C29H40BrN3O4S/c1-21-11-8-16-27(22(21)2)33(38(4,36)37)18-10-17-28(34)32(20-24-12-9-13-25(30)19-24)23(3)29(35)31-26-14-6-5-7-15-26/h8-9,11-13,16,19,23,26H,5-7,10,14-15,17-18,20H2,1-4H3,(H,31,35)/t23-/m1/s1. The zero-order valence-electron chi connectivity index (χ0n) is 22.9. The Labute approximate surface area is 236 Å². The first kappa shape index (κ1) is 30.2. The van der Waals surface area contributed by atoms with Gasteiger partial charge in [0, 0.05) is 30.0 Å². The van der Waals surface area contributed by atoms with E-state index in [0.717, 1.165) is 46.8 Å². The minimum absolute atomic E-state index is 0.131. The van der Waals surface area contributed by atoms with Crippen molar-refractivity contribution >= 4 is 43.5 Å². The van der Waals surface area contributed by atoms with Gasteiger partial charge in [0.1, 0.15) is 6.04 Å². The van der Waals surface area contributed by atoms with Crippen molar-refractivity contribution in [1.82, 2.24) is 10.2 Å². The predicted molar refractivity (Wildman–Crippen MR) is 157 cm³/mol. The lowest BCUT2D eigenvalue weighted by Crippen LogP contribution is -2.50. The maximum absolute atomic E-state index is 13.5. The van der Waals surface area contributed by atoms with Crippen LogP contribution >= 0.6 is 15.9 Å². The lowest BCUT2D eigenvalue weighted by molar-refractivity contribution is -0.141. The Hall–Kier alpha value is -2.39. The summed E-state index contributed by atoms with van der Waals surface area (Å²) in [5, 5.41) is 3.15. The molecule has 1 N–H and O–H groups in total. The lowest BCUT2D eigenvalue weighted by Gasteiger charge is -2.31. The van der Waals surface area contributed by atoms with Crippen molar-refractivity contribution in [3.8, 4) is 0 Å². The van der Waals surface area contributed by atoms with Gasteiger partial charge in [-0.1, -0.05) is 59.5 Å². The Bertz CT molecular complexity index is 1230. The molecule has 1 fully saturated rings. The Kier molecular flexibility index (Phi) is 10.8. The van der Waals surface area contributed by atoms with Crippen LogP contribution in [0, 0.1) is 13.8 Å². The summed E-state index contributed by atoms with van der Waals surface area (Å²) >= 11 is 3.49. The molecule has 0 bridgehead atoms. The average molecular weight is 607 g/mol. The quantitative estimate of drug-likeness (QED) is 0.367. The molecule has 2 aromatic carbocycles. The van der Waals surface area contributed by atoms with Gasteiger partial charge in [0.2, 0.25) is 21.8 Å². The topological polar surface area (TPSA) is 86.8 Å². The van der Waals surface area contributed by atoms with E-state index in [4.69, 9.17) is 0 Å². The fourth-order valence-corrected chi connectivity index (χ4v) is 6.43. The van der Waals surface area contributed by atoms with Crippen LogP contribution in [-0.4, -0.2) is 50.0 Å². The van der Waals surface area contributed by atoms with E-state index in [2.05, 4.69) is 21.2 Å². The largest absolute Gasteiger partial charge is 0.352 e. The number of nitrogens with zero attached hydrogens (tertiary/aromatic N) is 2. The summed E-state index contributed by atoms with van der Waals surface area (Å²) in [6.45, 7) is 6.10. The van der Waals surface area contributed by atoms with Crippen molar-refractivity contribution in [3.63, 3.8) is 0 Å². The van der Waals surface area contributed by atoms with Gasteiger partial charge in [-0.05, 0) is 74.9 Å². The van der Waals surface area contributed by atoms with E-state index in [-0.39, 0.29) is 30.8 Å². The summed E-state index contributed by atoms with van der Waals surface area (Å²) in [6.07, 6.45) is 7.01. The van der Waals surface area contributed by atoms with E-state index in [0.29, 0.717) is 18.7 Å². The van der Waals surface area contributed by atoms with Crippen LogP contribution < -0.4 is 9.62 Å². The van der Waals surface area contributed by atoms with Crippen molar-refractivity contribution in [2.24, 2.45) is 0 Å². The number of sulfonamides is 1. The molecule has 1 aliphatic rings. The summed E-state index contributed by atoms with van der Waals surface area (Å²) in [7, 11) is -3.54. The molecule has 2 amide bonds. The van der Waals surface area contributed by atoms with Crippen LogP contribution in [0.5, 0.6) is 0 Å². The molecule has 0 aromatic heterocycles. The molecule has 1 atom stereocenters. The highest BCUT2D eigenvalue weighted by Crippen LogP contribution is 2.26. The summed E-state index contributed by atoms with van der Waals surface area (Å²) in [5.74, 6) is -0.320. The molecule has 1 saturated carbocycles. The number of rotatable bonds is 11. The molecule has 38 heavy (non-hydrogen) atoms. The molecular weight excluding hydrogens is 566 g/mol. The summed E-state index contributed by atoms with van der Waals surface area (Å²) < 4.78 is 27.6. The van der Waals surface area contributed by atoms with Gasteiger partial charge in [-0.25, -0.2) is 8.42 Å². The second-order valence-corrected chi connectivity index (χ2v) is 13.2. The molecule has 1 aliphatic carbocycles. The van der Waals surface area contributed by atoms with Gasteiger partial charge >= 0.3 is 0 Å². The highest BCUT2D eigenvalue weighted by Gasteiger charge is 2.28. The SMILES string of the molecule is Cc1cccc(N(CCCC(=O)N(Cc2cccc(Br)c2)[C@H](C)C(=O)NC2CCCCC2)S(C)(=O)=O)c1C. The fourth-order valence-electron chi connectivity index (χ4n) is 4.97. The number of aryl methyl sites for hydroxylation is 1. The van der Waals surface area contributed by atoms with Crippen molar-refractivity contribution in [1.29, 1.82) is 0 Å². The lowest BCUT2D eigenvalue weighted by atomic mass is 9.95. The van der Waals surface area contributed by atoms with E-state index < -0.39 is 16.1 Å². The molecule has 208 valence electrons. The zero-order valence-corrected chi connectivity index (χ0v) is 25.3. The van der Waals surface area contributed by atoms with Crippen LogP contribution in [0.25, 0.3) is 0 Å². The molecule has 0 spiro atoms. The minimum atomic E-state index is -3.54.